The zero-order chi connectivity index (χ0) is 12.8. The number of nitriles is 1. The molecule has 0 amide bonds. The van der Waals surface area contributed by atoms with Crippen LogP contribution in [-0.4, -0.2) is 8.80 Å². The Hall–Kier alpha value is -0.293. The van der Waals surface area contributed by atoms with Crippen LogP contribution in [0.5, 0.6) is 0 Å². The van der Waals surface area contributed by atoms with Gasteiger partial charge in [0.05, 0.1) is 6.07 Å². The van der Waals surface area contributed by atoms with Crippen molar-refractivity contribution < 1.29 is 0 Å². The highest BCUT2D eigenvalue weighted by Gasteiger charge is 2.30. The highest BCUT2D eigenvalue weighted by atomic mass is 28.3. The Labute approximate surface area is 115 Å². The van der Waals surface area contributed by atoms with Crippen molar-refractivity contribution in [2.24, 2.45) is 17.8 Å². The molecule has 2 heteroatoms. The van der Waals surface area contributed by atoms with Gasteiger partial charge in [-0.05, 0) is 37.5 Å². The molecule has 1 nitrogen and oxygen atoms in total. The van der Waals surface area contributed by atoms with Gasteiger partial charge in [-0.3, -0.25) is 0 Å². The Morgan fingerprint density at radius 1 is 1.00 bits per heavy atom. The van der Waals surface area contributed by atoms with Gasteiger partial charge >= 0.3 is 0 Å². The number of rotatable bonds is 4. The van der Waals surface area contributed by atoms with Crippen molar-refractivity contribution in [3.63, 3.8) is 0 Å². The largest absolute Gasteiger partial charge is 0.198 e. The summed E-state index contributed by atoms with van der Waals surface area (Å²) in [5.41, 5.74) is 0. The number of hydrogen-bond donors (Lipinski definition) is 0. The fourth-order valence-corrected chi connectivity index (χ4v) is 7.08. The van der Waals surface area contributed by atoms with Crippen LogP contribution in [0.3, 0.4) is 0 Å². The zero-order valence-corrected chi connectivity index (χ0v) is 13.0. The van der Waals surface area contributed by atoms with Gasteiger partial charge in [0, 0.05) is 14.7 Å². The van der Waals surface area contributed by atoms with Gasteiger partial charge in [-0.1, -0.05) is 50.7 Å². The van der Waals surface area contributed by atoms with Crippen molar-refractivity contribution >= 4 is 8.80 Å². The molecule has 0 bridgehead atoms. The van der Waals surface area contributed by atoms with E-state index in [1.165, 1.54) is 51.4 Å². The highest BCUT2D eigenvalue weighted by Crippen LogP contribution is 2.40. The Morgan fingerprint density at radius 2 is 1.61 bits per heavy atom. The maximum atomic E-state index is 8.96. The van der Waals surface area contributed by atoms with Crippen LogP contribution < -0.4 is 0 Å². The van der Waals surface area contributed by atoms with Gasteiger partial charge in [-0.2, -0.15) is 5.26 Å². The van der Waals surface area contributed by atoms with Crippen LogP contribution in [0, 0.1) is 29.1 Å². The molecule has 0 atom stereocenters. The first kappa shape index (κ1) is 14.1. The van der Waals surface area contributed by atoms with Crippen LogP contribution in [0.4, 0.5) is 0 Å². The van der Waals surface area contributed by atoms with E-state index in [9.17, 15) is 0 Å². The third kappa shape index (κ3) is 3.85. The second kappa shape index (κ2) is 7.33. The summed E-state index contributed by atoms with van der Waals surface area (Å²) in [5.74, 6) is 2.39. The van der Waals surface area contributed by atoms with Crippen molar-refractivity contribution in [3.05, 3.63) is 0 Å². The molecule has 0 aromatic rings. The second-order valence-electron chi connectivity index (χ2n) is 6.43. The average molecular weight is 262 g/mol. The van der Waals surface area contributed by atoms with Crippen LogP contribution in [0.2, 0.25) is 18.1 Å². The molecule has 0 unspecified atom stereocenters. The predicted octanol–water partition coefficient (Wildman–Crippen LogP) is 5.02. The van der Waals surface area contributed by atoms with E-state index in [-0.39, 0.29) is 8.80 Å². The minimum atomic E-state index is 0.0515. The van der Waals surface area contributed by atoms with Crippen molar-refractivity contribution in [2.75, 3.05) is 0 Å². The lowest BCUT2D eigenvalue weighted by Crippen LogP contribution is -2.28. The van der Waals surface area contributed by atoms with Gasteiger partial charge in [0.25, 0.3) is 0 Å². The molecule has 1 saturated carbocycles. The summed E-state index contributed by atoms with van der Waals surface area (Å²) in [6.07, 6.45) is 11.0. The number of unbranched alkanes of at least 4 members (excludes halogenated alkanes) is 1. The molecule has 1 heterocycles. The molecule has 1 radical (unpaired) electrons. The molecule has 2 aliphatic rings. The quantitative estimate of drug-likeness (QED) is 0.652. The first-order chi connectivity index (χ1) is 8.83. The molecule has 18 heavy (non-hydrogen) atoms. The maximum Gasteiger partial charge on any atom is 0.0655 e. The maximum absolute atomic E-state index is 8.96. The molecular formula is C16H28NSi. The summed E-state index contributed by atoms with van der Waals surface area (Å²) in [6, 6.07) is 7.22. The summed E-state index contributed by atoms with van der Waals surface area (Å²) in [6.45, 7) is 2.32. The summed E-state index contributed by atoms with van der Waals surface area (Å²) < 4.78 is 0. The van der Waals surface area contributed by atoms with Crippen LogP contribution in [-0.2, 0) is 0 Å². The van der Waals surface area contributed by atoms with Crippen LogP contribution in [0.15, 0.2) is 0 Å². The van der Waals surface area contributed by atoms with Gasteiger partial charge in [-0.15, -0.1) is 0 Å². The third-order valence-corrected chi connectivity index (χ3v) is 8.29. The molecule has 0 aromatic carbocycles. The molecule has 0 aromatic heterocycles. The van der Waals surface area contributed by atoms with E-state index in [0.717, 1.165) is 11.8 Å². The lowest BCUT2D eigenvalue weighted by Gasteiger charge is -2.36. The lowest BCUT2D eigenvalue weighted by atomic mass is 9.74. The van der Waals surface area contributed by atoms with Gasteiger partial charge in [-0.25, -0.2) is 0 Å². The number of hydrogen-bond acceptors (Lipinski definition) is 1. The molecule has 0 N–H and O–H groups in total. The van der Waals surface area contributed by atoms with E-state index in [2.05, 4.69) is 13.0 Å². The minimum absolute atomic E-state index is 0.0515. The fraction of sp³-hybridized carbons (Fsp3) is 0.938. The van der Waals surface area contributed by atoms with Crippen molar-refractivity contribution in [3.8, 4) is 6.07 Å². The molecule has 101 valence electrons. The van der Waals surface area contributed by atoms with E-state index in [4.69, 9.17) is 5.26 Å². The van der Waals surface area contributed by atoms with E-state index in [0.29, 0.717) is 5.92 Å². The number of nitrogens with zero attached hydrogens (tertiary/aromatic N) is 1. The predicted molar refractivity (Wildman–Crippen MR) is 78.9 cm³/mol. The monoisotopic (exact) mass is 262 g/mol. The molecule has 1 saturated heterocycles. The first-order valence-electron chi connectivity index (χ1n) is 8.06. The molecule has 2 fully saturated rings. The van der Waals surface area contributed by atoms with Gasteiger partial charge in [0.15, 0.2) is 0 Å². The fourth-order valence-electron chi connectivity index (χ4n) is 3.92. The molecule has 2 rings (SSSR count). The standard InChI is InChI=1S/C16H28NSi/c1-2-3-10-18-11-8-16(9-12-18)15-6-4-14(13-17)5-7-15/h14-16H,2-12H2,1H3. The Morgan fingerprint density at radius 3 is 2.17 bits per heavy atom. The molecular weight excluding hydrogens is 234 g/mol. The van der Waals surface area contributed by atoms with Crippen molar-refractivity contribution in [1.82, 2.24) is 0 Å². The van der Waals surface area contributed by atoms with E-state index >= 15 is 0 Å². The topological polar surface area (TPSA) is 23.8 Å². The minimum Gasteiger partial charge on any atom is -0.198 e. The molecule has 0 spiro atoms. The van der Waals surface area contributed by atoms with Gasteiger partial charge in [0.1, 0.15) is 0 Å². The van der Waals surface area contributed by atoms with Crippen molar-refractivity contribution in [1.29, 1.82) is 5.26 Å². The summed E-state index contributed by atoms with van der Waals surface area (Å²) in [7, 11) is 0.0515. The Kier molecular flexibility index (Phi) is 5.75. The van der Waals surface area contributed by atoms with E-state index in [1.54, 1.807) is 18.1 Å². The second-order valence-corrected chi connectivity index (χ2v) is 9.43. The average Bonchev–Trinajstić information content (AvgIpc) is 2.46. The van der Waals surface area contributed by atoms with Gasteiger partial charge in [0.2, 0.25) is 0 Å². The van der Waals surface area contributed by atoms with Crippen LogP contribution >= 0.6 is 0 Å². The summed E-state index contributed by atoms with van der Waals surface area (Å²) >= 11 is 0. The molecule has 1 aliphatic carbocycles. The van der Waals surface area contributed by atoms with E-state index < -0.39 is 0 Å². The summed E-state index contributed by atoms with van der Waals surface area (Å²) in [4.78, 5) is 0. The lowest BCUT2D eigenvalue weighted by molar-refractivity contribution is 0.210. The third-order valence-electron chi connectivity index (χ3n) is 5.24. The van der Waals surface area contributed by atoms with Crippen LogP contribution in [0.25, 0.3) is 0 Å². The first-order valence-corrected chi connectivity index (χ1v) is 10.2. The van der Waals surface area contributed by atoms with Crippen LogP contribution in [0.1, 0.15) is 58.3 Å². The zero-order valence-electron chi connectivity index (χ0n) is 12.0. The Bertz CT molecular complexity index is 267. The smallest absolute Gasteiger partial charge is 0.0655 e. The van der Waals surface area contributed by atoms with Gasteiger partial charge < -0.3 is 0 Å². The summed E-state index contributed by atoms with van der Waals surface area (Å²) in [5, 5.41) is 8.96. The normalized spacial score (nSPS) is 31.1. The molecule has 1 aliphatic heterocycles. The highest BCUT2D eigenvalue weighted by molar-refractivity contribution is 6.58. The SMILES string of the molecule is CCCC[Si]1CCC(C2CCC(C#N)CC2)CC1. The Balaban J connectivity index is 1.69. The van der Waals surface area contributed by atoms with Crippen molar-refractivity contribution in [2.45, 2.75) is 76.4 Å². The van der Waals surface area contributed by atoms with E-state index in [1.807, 2.05) is 0 Å².